The highest BCUT2D eigenvalue weighted by atomic mass is 19.3. The third kappa shape index (κ3) is 7.09. The number of ether oxygens (including phenoxy) is 3. The molecule has 6 nitrogen and oxygen atoms in total. The van der Waals surface area contributed by atoms with Crippen molar-refractivity contribution >= 4 is 12.0 Å². The third-order valence-electron chi connectivity index (χ3n) is 4.55. The number of halogens is 2. The first-order chi connectivity index (χ1) is 13.5. The van der Waals surface area contributed by atoms with E-state index in [0.717, 1.165) is 39.1 Å². The van der Waals surface area contributed by atoms with E-state index in [4.69, 9.17) is 9.47 Å². The Hall–Kier alpha value is -2.19. The summed E-state index contributed by atoms with van der Waals surface area (Å²) in [7, 11) is 3.08. The van der Waals surface area contributed by atoms with Gasteiger partial charge in [-0.15, -0.1) is 0 Å². The lowest BCUT2D eigenvalue weighted by Gasteiger charge is -2.21. The first kappa shape index (κ1) is 22.1. The van der Waals surface area contributed by atoms with Crippen LogP contribution in [0.1, 0.15) is 18.4 Å². The van der Waals surface area contributed by atoms with Gasteiger partial charge in [0.15, 0.2) is 11.5 Å². The molecule has 0 spiro atoms. The molecule has 1 amide bonds. The molecule has 1 aromatic carbocycles. The molecule has 0 aliphatic carbocycles. The summed E-state index contributed by atoms with van der Waals surface area (Å²) >= 11 is 0. The average Bonchev–Trinajstić information content (AvgIpc) is 2.92. The molecule has 0 saturated carbocycles. The van der Waals surface area contributed by atoms with E-state index in [0.29, 0.717) is 18.7 Å². The minimum Gasteiger partial charge on any atom is -0.493 e. The molecule has 0 atom stereocenters. The van der Waals surface area contributed by atoms with Gasteiger partial charge in [0.2, 0.25) is 5.91 Å². The van der Waals surface area contributed by atoms with Crippen LogP contribution in [0.5, 0.6) is 11.5 Å². The van der Waals surface area contributed by atoms with Crippen LogP contribution in [0, 0.1) is 0 Å². The van der Waals surface area contributed by atoms with Crippen molar-refractivity contribution in [2.45, 2.75) is 19.5 Å². The van der Waals surface area contributed by atoms with Crippen LogP contribution in [-0.4, -0.2) is 75.9 Å². The molecule has 0 aromatic heterocycles. The lowest BCUT2D eigenvalue weighted by molar-refractivity contribution is -0.125. The zero-order valence-corrected chi connectivity index (χ0v) is 16.4. The summed E-state index contributed by atoms with van der Waals surface area (Å²) in [6.45, 7) is 2.01. The lowest BCUT2D eigenvalue weighted by atomic mass is 10.2. The molecule has 1 aromatic rings. The summed E-state index contributed by atoms with van der Waals surface area (Å²) in [5, 5.41) is 0. The summed E-state index contributed by atoms with van der Waals surface area (Å²) in [5.41, 5.74) is 0.669. The Labute approximate surface area is 164 Å². The van der Waals surface area contributed by atoms with Crippen molar-refractivity contribution in [3.8, 4) is 11.5 Å². The number of hydrogen-bond donors (Lipinski definition) is 0. The van der Waals surface area contributed by atoms with Gasteiger partial charge in [-0.1, -0.05) is 6.07 Å². The van der Waals surface area contributed by atoms with Crippen LogP contribution in [0.2, 0.25) is 0 Å². The molecular weight excluding hydrogens is 370 g/mol. The van der Waals surface area contributed by atoms with E-state index in [2.05, 4.69) is 9.64 Å². The molecule has 0 bridgehead atoms. The van der Waals surface area contributed by atoms with Crippen molar-refractivity contribution in [1.29, 1.82) is 0 Å². The number of benzene rings is 1. The summed E-state index contributed by atoms with van der Waals surface area (Å²) in [5.74, 6) is 0.0871. The Bertz CT molecular complexity index is 655. The molecule has 28 heavy (non-hydrogen) atoms. The van der Waals surface area contributed by atoms with E-state index in [1.165, 1.54) is 19.3 Å². The molecule has 1 heterocycles. The molecule has 0 N–H and O–H groups in total. The van der Waals surface area contributed by atoms with Crippen molar-refractivity contribution in [2.75, 3.05) is 53.6 Å². The van der Waals surface area contributed by atoms with Crippen LogP contribution in [0.15, 0.2) is 24.3 Å². The van der Waals surface area contributed by atoms with E-state index >= 15 is 0 Å². The van der Waals surface area contributed by atoms with Gasteiger partial charge < -0.3 is 24.0 Å². The number of carbonyl (C=O) groups is 1. The van der Waals surface area contributed by atoms with Gasteiger partial charge >= 0.3 is 6.61 Å². The van der Waals surface area contributed by atoms with E-state index < -0.39 is 6.61 Å². The van der Waals surface area contributed by atoms with Gasteiger partial charge in [-0.3, -0.25) is 4.79 Å². The Kier molecular flexibility index (Phi) is 9.16. The van der Waals surface area contributed by atoms with Crippen LogP contribution in [0.4, 0.5) is 8.78 Å². The number of nitrogens with zero attached hydrogens (tertiary/aromatic N) is 2. The Morgan fingerprint density at radius 3 is 2.71 bits per heavy atom. The van der Waals surface area contributed by atoms with Gasteiger partial charge in [-0.25, -0.2) is 0 Å². The second-order valence-corrected chi connectivity index (χ2v) is 6.49. The van der Waals surface area contributed by atoms with E-state index in [-0.39, 0.29) is 17.4 Å². The molecule has 0 radical (unpaired) electrons. The molecule has 0 unspecified atom stereocenters. The number of alkyl halides is 2. The van der Waals surface area contributed by atoms with Gasteiger partial charge in [-0.2, -0.15) is 8.78 Å². The van der Waals surface area contributed by atoms with Crippen molar-refractivity contribution in [1.82, 2.24) is 9.80 Å². The fourth-order valence-electron chi connectivity index (χ4n) is 3.10. The summed E-state index contributed by atoms with van der Waals surface area (Å²) in [4.78, 5) is 16.7. The normalized spacial score (nSPS) is 15.8. The lowest BCUT2D eigenvalue weighted by Crippen LogP contribution is -2.34. The van der Waals surface area contributed by atoms with E-state index in [9.17, 15) is 13.6 Å². The smallest absolute Gasteiger partial charge is 0.387 e. The van der Waals surface area contributed by atoms with Crippen molar-refractivity contribution in [2.24, 2.45) is 0 Å². The molecular formula is C20H28F2N2O4. The Morgan fingerprint density at radius 2 is 2.00 bits per heavy atom. The van der Waals surface area contributed by atoms with Crippen molar-refractivity contribution in [3.63, 3.8) is 0 Å². The molecule has 8 heteroatoms. The Balaban J connectivity index is 1.92. The summed E-state index contributed by atoms with van der Waals surface area (Å²) < 4.78 is 39.3. The fourth-order valence-corrected chi connectivity index (χ4v) is 3.10. The number of amides is 1. The SMILES string of the molecule is COCCCN1CCCN(C(=O)/C=C\c2ccc(OC(F)F)c(OC)c2)CC1. The minimum absolute atomic E-state index is 0.0398. The van der Waals surface area contributed by atoms with Gasteiger partial charge in [-0.05, 0) is 43.2 Å². The molecule has 1 aliphatic heterocycles. The number of methoxy groups -OCH3 is 2. The number of rotatable bonds is 9. The summed E-state index contributed by atoms with van der Waals surface area (Å²) in [6.07, 6.45) is 5.07. The summed E-state index contributed by atoms with van der Waals surface area (Å²) in [6, 6.07) is 4.56. The molecule has 1 saturated heterocycles. The maximum Gasteiger partial charge on any atom is 0.387 e. The van der Waals surface area contributed by atoms with Crippen LogP contribution < -0.4 is 9.47 Å². The second-order valence-electron chi connectivity index (χ2n) is 6.49. The third-order valence-corrected chi connectivity index (χ3v) is 4.55. The molecule has 1 aliphatic rings. The standard InChI is InChI=1S/C20H28F2N2O4/c1-26-14-4-10-23-9-3-11-24(13-12-23)19(25)8-6-16-5-7-17(28-20(21)22)18(15-16)27-2/h5-8,15,20H,3-4,9-14H2,1-2H3/b8-6-. The van der Waals surface area contributed by atoms with E-state index in [1.54, 1.807) is 25.3 Å². The predicted molar refractivity (Wildman–Crippen MR) is 103 cm³/mol. The highest BCUT2D eigenvalue weighted by molar-refractivity contribution is 5.91. The predicted octanol–water partition coefficient (Wildman–Crippen LogP) is 2.88. The van der Waals surface area contributed by atoms with Crippen molar-refractivity contribution in [3.05, 3.63) is 29.8 Å². The molecule has 156 valence electrons. The topological polar surface area (TPSA) is 51.2 Å². The molecule has 2 rings (SSSR count). The van der Waals surface area contributed by atoms with Crippen molar-refractivity contribution < 1.29 is 27.8 Å². The van der Waals surface area contributed by atoms with Crippen LogP contribution in [-0.2, 0) is 9.53 Å². The van der Waals surface area contributed by atoms with E-state index in [1.807, 2.05) is 4.90 Å². The highest BCUT2D eigenvalue weighted by Gasteiger charge is 2.17. The monoisotopic (exact) mass is 398 g/mol. The first-order valence-electron chi connectivity index (χ1n) is 9.34. The fraction of sp³-hybridized carbons (Fsp3) is 0.550. The maximum atomic E-state index is 12.5. The van der Waals surface area contributed by atoms with Crippen LogP contribution in [0.25, 0.3) is 6.08 Å². The average molecular weight is 398 g/mol. The van der Waals surface area contributed by atoms with Gasteiger partial charge in [0, 0.05) is 46.0 Å². The minimum atomic E-state index is -2.92. The zero-order valence-electron chi connectivity index (χ0n) is 16.4. The molecule has 1 fully saturated rings. The highest BCUT2D eigenvalue weighted by Crippen LogP contribution is 2.29. The largest absolute Gasteiger partial charge is 0.493 e. The van der Waals surface area contributed by atoms with Crippen LogP contribution >= 0.6 is 0 Å². The zero-order chi connectivity index (χ0) is 20.4. The Morgan fingerprint density at radius 1 is 1.18 bits per heavy atom. The van der Waals surface area contributed by atoms with Gasteiger partial charge in [0.1, 0.15) is 0 Å². The number of hydrogen-bond acceptors (Lipinski definition) is 5. The number of carbonyl (C=O) groups excluding carboxylic acids is 1. The van der Waals surface area contributed by atoms with Gasteiger partial charge in [0.25, 0.3) is 0 Å². The maximum absolute atomic E-state index is 12.5. The first-order valence-corrected chi connectivity index (χ1v) is 9.34. The van der Waals surface area contributed by atoms with Gasteiger partial charge in [0.05, 0.1) is 7.11 Å². The quantitative estimate of drug-likeness (QED) is 0.473. The second kappa shape index (κ2) is 11.6. The van der Waals surface area contributed by atoms with Crippen LogP contribution in [0.3, 0.4) is 0 Å².